The summed E-state index contributed by atoms with van der Waals surface area (Å²) in [6.45, 7) is 13.3. The largest absolute Gasteiger partial charge is 0.252 e. The number of thiophene rings is 1. The number of hydrogen-bond donors (Lipinski definition) is 0. The Labute approximate surface area is 325 Å². The van der Waals surface area contributed by atoms with Crippen molar-refractivity contribution in [2.24, 2.45) is 0 Å². The van der Waals surface area contributed by atoms with E-state index in [0.717, 1.165) is 33.1 Å². The Kier molecular flexibility index (Phi) is 7.73. The monoisotopic (exact) mass is 724 g/mol. The van der Waals surface area contributed by atoms with E-state index in [1.54, 1.807) is 0 Å². The topological polar surface area (TPSA) is 25.8 Å². The van der Waals surface area contributed by atoms with E-state index in [1.807, 2.05) is 17.5 Å². The zero-order valence-corrected chi connectivity index (χ0v) is 32.8. The van der Waals surface area contributed by atoms with Gasteiger partial charge >= 0.3 is 0 Å². The minimum absolute atomic E-state index is 0.869. The Hall–Kier alpha value is -6.16. The highest BCUT2D eigenvalue weighted by atomic mass is 32.1. The molecule has 0 atom stereocenters. The molecule has 0 saturated carbocycles. The molecule has 10 aromatic rings. The van der Waals surface area contributed by atoms with Gasteiger partial charge < -0.3 is 0 Å². The minimum Gasteiger partial charge on any atom is -0.252 e. The van der Waals surface area contributed by atoms with E-state index in [2.05, 4.69) is 169 Å². The van der Waals surface area contributed by atoms with Crippen LogP contribution in [0.3, 0.4) is 0 Å². The first-order valence-corrected chi connectivity index (χ1v) is 19.9. The molecule has 2 aromatic heterocycles. The van der Waals surface area contributed by atoms with Gasteiger partial charge in [0.15, 0.2) is 0 Å². The first kappa shape index (κ1) is 33.4. The highest BCUT2D eigenvalue weighted by molar-refractivity contribution is 7.25. The van der Waals surface area contributed by atoms with Crippen LogP contribution >= 0.6 is 11.3 Å². The molecule has 55 heavy (non-hydrogen) atoms. The van der Waals surface area contributed by atoms with Gasteiger partial charge in [-0.1, -0.05) is 102 Å². The average molecular weight is 725 g/mol. The quantitative estimate of drug-likeness (QED) is 0.169. The van der Waals surface area contributed by atoms with Gasteiger partial charge in [0, 0.05) is 36.5 Å². The standard InChI is InChI=1S/C52H40N2S/c1-29-20-31(3)49(32(4)21-29)38-14-17-41-43(26-38)44-27-39(50-33(5)22-30(2)23-34(50)6)15-18-42(44)52-51(41)53-28-46(54-52)37-11-9-10-35(24-37)36-16-19-48-45(25-36)40-12-7-8-13-47(40)55-48/h7-28H,1-6H3. The lowest BCUT2D eigenvalue weighted by molar-refractivity contribution is 1.31. The van der Waals surface area contributed by atoms with Crippen molar-refractivity contribution in [2.45, 2.75) is 41.5 Å². The van der Waals surface area contributed by atoms with Crippen molar-refractivity contribution in [2.75, 3.05) is 0 Å². The summed E-state index contributed by atoms with van der Waals surface area (Å²) in [5.74, 6) is 0. The van der Waals surface area contributed by atoms with Crippen LogP contribution in [-0.2, 0) is 0 Å². The van der Waals surface area contributed by atoms with Gasteiger partial charge in [0.05, 0.1) is 22.9 Å². The van der Waals surface area contributed by atoms with Crippen molar-refractivity contribution in [3.63, 3.8) is 0 Å². The Balaban J connectivity index is 1.18. The minimum atomic E-state index is 0.869. The van der Waals surface area contributed by atoms with Crippen molar-refractivity contribution in [3.8, 4) is 44.6 Å². The van der Waals surface area contributed by atoms with E-state index in [9.17, 15) is 0 Å². The third-order valence-corrected chi connectivity index (χ3v) is 12.6. The van der Waals surface area contributed by atoms with Crippen LogP contribution in [0.2, 0.25) is 0 Å². The van der Waals surface area contributed by atoms with Crippen molar-refractivity contribution >= 4 is 64.1 Å². The van der Waals surface area contributed by atoms with E-state index < -0.39 is 0 Å². The normalized spacial score (nSPS) is 11.8. The number of fused-ring (bicyclic) bond motifs is 9. The fourth-order valence-electron chi connectivity index (χ4n) is 9.21. The molecule has 3 heteroatoms. The van der Waals surface area contributed by atoms with Crippen LogP contribution in [0.15, 0.2) is 134 Å². The van der Waals surface area contributed by atoms with Crippen LogP contribution in [0.25, 0.3) is 97.4 Å². The van der Waals surface area contributed by atoms with Crippen LogP contribution in [-0.4, -0.2) is 9.97 Å². The van der Waals surface area contributed by atoms with Crippen LogP contribution in [0, 0.1) is 41.5 Å². The third kappa shape index (κ3) is 5.53. The lowest BCUT2D eigenvalue weighted by atomic mass is 9.88. The maximum Gasteiger partial charge on any atom is 0.0979 e. The lowest BCUT2D eigenvalue weighted by Gasteiger charge is -2.17. The van der Waals surface area contributed by atoms with Gasteiger partial charge in [0.2, 0.25) is 0 Å². The smallest absolute Gasteiger partial charge is 0.0979 e. The summed E-state index contributed by atoms with van der Waals surface area (Å²) in [5.41, 5.74) is 19.0. The highest BCUT2D eigenvalue weighted by Crippen LogP contribution is 2.41. The molecular formula is C52H40N2S. The number of rotatable bonds is 4. The zero-order chi connectivity index (χ0) is 37.5. The predicted molar refractivity (Wildman–Crippen MR) is 238 cm³/mol. The Bertz CT molecular complexity index is 3170. The fourth-order valence-corrected chi connectivity index (χ4v) is 10.3. The molecule has 0 spiro atoms. The molecular weight excluding hydrogens is 685 g/mol. The summed E-state index contributed by atoms with van der Waals surface area (Å²) in [6.07, 6.45) is 1.96. The van der Waals surface area contributed by atoms with Gasteiger partial charge in [0.25, 0.3) is 0 Å². The van der Waals surface area contributed by atoms with Crippen molar-refractivity contribution in [1.29, 1.82) is 0 Å². The van der Waals surface area contributed by atoms with E-state index in [1.165, 1.54) is 97.7 Å². The second kappa shape index (κ2) is 12.7. The van der Waals surface area contributed by atoms with Crippen molar-refractivity contribution in [3.05, 3.63) is 167 Å². The van der Waals surface area contributed by atoms with Crippen molar-refractivity contribution < 1.29 is 0 Å². The second-order valence-corrected chi connectivity index (χ2v) is 16.5. The van der Waals surface area contributed by atoms with Gasteiger partial charge in [0.1, 0.15) is 0 Å². The van der Waals surface area contributed by atoms with Gasteiger partial charge in [-0.25, -0.2) is 4.98 Å². The van der Waals surface area contributed by atoms with Crippen LogP contribution in [0.1, 0.15) is 33.4 Å². The molecule has 0 radical (unpaired) electrons. The van der Waals surface area contributed by atoms with Crippen LogP contribution in [0.5, 0.6) is 0 Å². The summed E-state index contributed by atoms with van der Waals surface area (Å²) in [6, 6.07) is 47.3. The summed E-state index contributed by atoms with van der Waals surface area (Å²) < 4.78 is 2.63. The third-order valence-electron chi connectivity index (χ3n) is 11.4. The molecule has 8 aromatic carbocycles. The molecule has 2 heterocycles. The maximum atomic E-state index is 5.45. The first-order chi connectivity index (χ1) is 26.7. The molecule has 0 unspecified atom stereocenters. The van der Waals surface area contributed by atoms with Crippen molar-refractivity contribution in [1.82, 2.24) is 9.97 Å². The number of hydrogen-bond acceptors (Lipinski definition) is 3. The predicted octanol–water partition coefficient (Wildman–Crippen LogP) is 14.8. The number of nitrogens with zero attached hydrogens (tertiary/aromatic N) is 2. The molecule has 0 bridgehead atoms. The first-order valence-electron chi connectivity index (χ1n) is 19.0. The van der Waals surface area contributed by atoms with Gasteiger partial charge in [-0.3, -0.25) is 4.98 Å². The van der Waals surface area contributed by atoms with Gasteiger partial charge in [-0.05, 0) is 144 Å². The van der Waals surface area contributed by atoms with Gasteiger partial charge in [-0.15, -0.1) is 11.3 Å². The van der Waals surface area contributed by atoms with Crippen LogP contribution < -0.4 is 0 Å². The molecule has 0 N–H and O–H groups in total. The molecule has 0 fully saturated rings. The molecule has 0 aliphatic rings. The average Bonchev–Trinajstić information content (AvgIpc) is 3.55. The molecule has 2 nitrogen and oxygen atoms in total. The lowest BCUT2D eigenvalue weighted by Crippen LogP contribution is -1.95. The number of benzene rings is 8. The maximum absolute atomic E-state index is 5.45. The van der Waals surface area contributed by atoms with E-state index in [-0.39, 0.29) is 0 Å². The van der Waals surface area contributed by atoms with E-state index in [0.29, 0.717) is 0 Å². The highest BCUT2D eigenvalue weighted by Gasteiger charge is 2.17. The summed E-state index contributed by atoms with van der Waals surface area (Å²) in [7, 11) is 0. The van der Waals surface area contributed by atoms with E-state index >= 15 is 0 Å². The number of aryl methyl sites for hydroxylation is 6. The Morgan fingerprint density at radius 2 is 0.909 bits per heavy atom. The molecule has 0 aliphatic carbocycles. The molecule has 0 amide bonds. The molecule has 10 rings (SSSR count). The molecule has 0 saturated heterocycles. The van der Waals surface area contributed by atoms with Gasteiger partial charge in [-0.2, -0.15) is 0 Å². The fraction of sp³-hybridized carbons (Fsp3) is 0.115. The number of aromatic nitrogens is 2. The Morgan fingerprint density at radius 3 is 1.56 bits per heavy atom. The Morgan fingerprint density at radius 1 is 0.382 bits per heavy atom. The molecule has 0 aliphatic heterocycles. The SMILES string of the molecule is Cc1cc(C)c(-c2ccc3c(c2)c2cc(-c4c(C)cc(C)cc4C)ccc2c2nc(-c4cccc(-c5ccc6sc7ccccc7c6c5)c4)cnc32)c(C)c1. The summed E-state index contributed by atoms with van der Waals surface area (Å²) in [4.78, 5) is 10.7. The molecule has 264 valence electrons. The van der Waals surface area contributed by atoms with E-state index in [4.69, 9.17) is 9.97 Å². The summed E-state index contributed by atoms with van der Waals surface area (Å²) in [5, 5.41) is 7.24. The second-order valence-electron chi connectivity index (χ2n) is 15.4. The van der Waals surface area contributed by atoms with Crippen LogP contribution in [0.4, 0.5) is 0 Å². The summed E-state index contributed by atoms with van der Waals surface area (Å²) >= 11 is 1.85. The zero-order valence-electron chi connectivity index (χ0n) is 32.0.